The first-order valence-corrected chi connectivity index (χ1v) is 5.17. The summed E-state index contributed by atoms with van der Waals surface area (Å²) in [7, 11) is 0. The molecule has 2 unspecified atom stereocenters. The second-order valence-electron chi connectivity index (χ2n) is 2.87. The Kier molecular flexibility index (Phi) is 4.26. The summed E-state index contributed by atoms with van der Waals surface area (Å²) in [5.41, 5.74) is 0. The van der Waals surface area contributed by atoms with E-state index in [1.165, 1.54) is 6.42 Å². The average molecular weight is 176 g/mol. The molecular weight excluding hydrogens is 160 g/mol. The molecule has 2 atom stereocenters. The highest BCUT2D eigenvalue weighted by molar-refractivity contribution is 8.00. The van der Waals surface area contributed by atoms with Crippen molar-refractivity contribution >= 4 is 11.8 Å². The molecule has 0 bridgehead atoms. The van der Waals surface area contributed by atoms with Gasteiger partial charge in [0, 0.05) is 10.5 Å². The van der Waals surface area contributed by atoms with Crippen LogP contribution in [0.1, 0.15) is 26.7 Å². The maximum absolute atomic E-state index is 4.91. The lowest BCUT2D eigenvalue weighted by Gasteiger charge is -2.22. The predicted octanol–water partition coefficient (Wildman–Crippen LogP) is 2.24. The standard InChI is InChI=1S/C8H16O2S/c1-3-7(2)11-8-4-5-9-10-6-8/h7-8H,3-6H2,1-2H3. The van der Waals surface area contributed by atoms with Crippen molar-refractivity contribution in [1.29, 1.82) is 0 Å². The minimum absolute atomic E-state index is 0.652. The van der Waals surface area contributed by atoms with E-state index in [0.717, 1.165) is 24.9 Å². The van der Waals surface area contributed by atoms with Crippen LogP contribution in [0.5, 0.6) is 0 Å². The van der Waals surface area contributed by atoms with Crippen LogP contribution in [-0.4, -0.2) is 23.7 Å². The van der Waals surface area contributed by atoms with Gasteiger partial charge in [-0.05, 0) is 12.8 Å². The van der Waals surface area contributed by atoms with E-state index in [2.05, 4.69) is 13.8 Å². The molecule has 1 aliphatic rings. The maximum Gasteiger partial charge on any atom is 0.0941 e. The molecule has 0 aromatic carbocycles. The Morgan fingerprint density at radius 2 is 2.36 bits per heavy atom. The summed E-state index contributed by atoms with van der Waals surface area (Å²) >= 11 is 2.02. The Morgan fingerprint density at radius 3 is 2.91 bits per heavy atom. The number of thioether (sulfide) groups is 1. The molecule has 1 heterocycles. The largest absolute Gasteiger partial charge is 0.237 e. The Bertz CT molecular complexity index is 102. The lowest BCUT2D eigenvalue weighted by Crippen LogP contribution is -2.23. The van der Waals surface area contributed by atoms with E-state index in [1.807, 2.05) is 11.8 Å². The van der Waals surface area contributed by atoms with Crippen molar-refractivity contribution in [1.82, 2.24) is 0 Å². The van der Waals surface area contributed by atoms with Gasteiger partial charge in [0.2, 0.25) is 0 Å². The Balaban J connectivity index is 2.13. The van der Waals surface area contributed by atoms with E-state index >= 15 is 0 Å². The fourth-order valence-corrected chi connectivity index (χ4v) is 2.19. The van der Waals surface area contributed by atoms with Gasteiger partial charge < -0.3 is 0 Å². The SMILES string of the molecule is CCC(C)SC1CCOOC1. The van der Waals surface area contributed by atoms with Gasteiger partial charge in [-0.1, -0.05) is 13.8 Å². The third-order valence-electron chi connectivity index (χ3n) is 1.86. The molecule has 11 heavy (non-hydrogen) atoms. The second kappa shape index (κ2) is 5.01. The first-order chi connectivity index (χ1) is 5.33. The summed E-state index contributed by atoms with van der Waals surface area (Å²) in [6.07, 6.45) is 2.37. The molecule has 1 aliphatic heterocycles. The lowest BCUT2D eigenvalue weighted by atomic mass is 10.3. The van der Waals surface area contributed by atoms with Gasteiger partial charge in [-0.25, -0.2) is 9.78 Å². The van der Waals surface area contributed by atoms with Crippen molar-refractivity contribution in [2.75, 3.05) is 13.2 Å². The van der Waals surface area contributed by atoms with Crippen LogP contribution in [0, 0.1) is 0 Å². The molecule has 1 fully saturated rings. The van der Waals surface area contributed by atoms with Crippen LogP contribution >= 0.6 is 11.8 Å². The molecule has 3 heteroatoms. The zero-order chi connectivity index (χ0) is 8.10. The third-order valence-corrected chi connectivity index (χ3v) is 3.41. The molecular formula is C8H16O2S. The quantitative estimate of drug-likeness (QED) is 0.614. The summed E-state index contributed by atoms with van der Waals surface area (Å²) in [6.45, 7) is 6.00. The van der Waals surface area contributed by atoms with E-state index in [1.54, 1.807) is 0 Å². The van der Waals surface area contributed by atoms with Gasteiger partial charge in [0.05, 0.1) is 13.2 Å². The first-order valence-electron chi connectivity index (χ1n) is 4.22. The van der Waals surface area contributed by atoms with Gasteiger partial charge >= 0.3 is 0 Å². The van der Waals surface area contributed by atoms with Crippen LogP contribution in [0.2, 0.25) is 0 Å². The summed E-state index contributed by atoms with van der Waals surface area (Å²) in [5.74, 6) is 0. The van der Waals surface area contributed by atoms with Gasteiger partial charge in [-0.2, -0.15) is 11.8 Å². The Hall–Kier alpha value is 0.270. The van der Waals surface area contributed by atoms with Crippen LogP contribution in [0.15, 0.2) is 0 Å². The van der Waals surface area contributed by atoms with Crippen molar-refractivity contribution in [2.24, 2.45) is 0 Å². The third kappa shape index (κ3) is 3.45. The number of hydrogen-bond acceptors (Lipinski definition) is 3. The molecule has 0 spiro atoms. The topological polar surface area (TPSA) is 18.5 Å². The molecule has 0 amide bonds. The van der Waals surface area contributed by atoms with E-state index in [0.29, 0.717) is 5.25 Å². The summed E-state index contributed by atoms with van der Waals surface area (Å²) in [4.78, 5) is 9.71. The van der Waals surface area contributed by atoms with Gasteiger partial charge in [-0.3, -0.25) is 0 Å². The summed E-state index contributed by atoms with van der Waals surface area (Å²) in [6, 6.07) is 0. The van der Waals surface area contributed by atoms with E-state index < -0.39 is 0 Å². The van der Waals surface area contributed by atoms with Crippen LogP contribution in [0.25, 0.3) is 0 Å². The van der Waals surface area contributed by atoms with Gasteiger partial charge in [0.1, 0.15) is 0 Å². The molecule has 0 radical (unpaired) electrons. The summed E-state index contributed by atoms with van der Waals surface area (Å²) < 4.78 is 0. The Labute approximate surface area is 72.6 Å². The van der Waals surface area contributed by atoms with Crippen molar-refractivity contribution in [3.63, 3.8) is 0 Å². The molecule has 1 saturated heterocycles. The molecule has 1 rings (SSSR count). The van der Waals surface area contributed by atoms with Gasteiger partial charge in [-0.15, -0.1) is 0 Å². The molecule has 0 N–H and O–H groups in total. The normalized spacial score (nSPS) is 28.4. The molecule has 2 nitrogen and oxygen atoms in total. The second-order valence-corrected chi connectivity index (χ2v) is 4.62. The molecule has 0 aromatic rings. The minimum Gasteiger partial charge on any atom is -0.237 e. The number of rotatable bonds is 3. The minimum atomic E-state index is 0.652. The Morgan fingerprint density at radius 1 is 1.55 bits per heavy atom. The smallest absolute Gasteiger partial charge is 0.0941 e. The monoisotopic (exact) mass is 176 g/mol. The van der Waals surface area contributed by atoms with Crippen LogP contribution < -0.4 is 0 Å². The van der Waals surface area contributed by atoms with Crippen LogP contribution in [0.4, 0.5) is 0 Å². The fourth-order valence-electron chi connectivity index (χ4n) is 0.978. The number of hydrogen-bond donors (Lipinski definition) is 0. The van der Waals surface area contributed by atoms with Crippen molar-refractivity contribution in [3.05, 3.63) is 0 Å². The lowest BCUT2D eigenvalue weighted by molar-refractivity contribution is -0.310. The predicted molar refractivity (Wildman–Crippen MR) is 47.7 cm³/mol. The highest BCUT2D eigenvalue weighted by atomic mass is 32.2. The van der Waals surface area contributed by atoms with Crippen molar-refractivity contribution in [2.45, 2.75) is 37.2 Å². The van der Waals surface area contributed by atoms with Crippen molar-refractivity contribution in [3.8, 4) is 0 Å². The van der Waals surface area contributed by atoms with Gasteiger partial charge in [0.15, 0.2) is 0 Å². The van der Waals surface area contributed by atoms with Gasteiger partial charge in [0.25, 0.3) is 0 Å². The van der Waals surface area contributed by atoms with E-state index in [-0.39, 0.29) is 0 Å². The molecule has 0 saturated carbocycles. The highest BCUT2D eigenvalue weighted by Gasteiger charge is 2.17. The maximum atomic E-state index is 4.91. The van der Waals surface area contributed by atoms with E-state index in [9.17, 15) is 0 Å². The first kappa shape index (κ1) is 9.36. The highest BCUT2D eigenvalue weighted by Crippen LogP contribution is 2.24. The summed E-state index contributed by atoms with van der Waals surface area (Å²) in [5, 5.41) is 1.40. The zero-order valence-corrected chi connectivity index (χ0v) is 8.02. The van der Waals surface area contributed by atoms with Crippen LogP contribution in [0.3, 0.4) is 0 Å². The van der Waals surface area contributed by atoms with E-state index in [4.69, 9.17) is 9.78 Å². The average Bonchev–Trinajstić information content (AvgIpc) is 2.06. The van der Waals surface area contributed by atoms with Crippen LogP contribution in [-0.2, 0) is 9.78 Å². The fraction of sp³-hybridized carbons (Fsp3) is 1.00. The molecule has 66 valence electrons. The zero-order valence-electron chi connectivity index (χ0n) is 7.21. The molecule has 0 aliphatic carbocycles. The molecule has 0 aromatic heterocycles. The van der Waals surface area contributed by atoms with Crippen molar-refractivity contribution < 1.29 is 9.78 Å².